The summed E-state index contributed by atoms with van der Waals surface area (Å²) in [7, 11) is 1.84. The molecule has 0 aliphatic carbocycles. The molecule has 0 fully saturated rings. The number of anilines is 3. The third-order valence-corrected chi connectivity index (χ3v) is 5.47. The summed E-state index contributed by atoms with van der Waals surface area (Å²) in [6.07, 6.45) is 1.73. The molecule has 3 aromatic rings. The van der Waals surface area contributed by atoms with Crippen molar-refractivity contribution in [2.24, 2.45) is 0 Å². The first-order valence-corrected chi connectivity index (χ1v) is 10.5. The van der Waals surface area contributed by atoms with E-state index in [-0.39, 0.29) is 29.1 Å². The quantitative estimate of drug-likeness (QED) is 0.540. The highest BCUT2D eigenvalue weighted by Crippen LogP contribution is 2.37. The first kappa shape index (κ1) is 21.9. The second kappa shape index (κ2) is 8.69. The van der Waals surface area contributed by atoms with E-state index in [9.17, 15) is 18.0 Å². The number of hydrogen-bond donors (Lipinski definition) is 2. The van der Waals surface area contributed by atoms with E-state index in [2.05, 4.69) is 25.9 Å². The van der Waals surface area contributed by atoms with Gasteiger partial charge in [0.15, 0.2) is 0 Å². The van der Waals surface area contributed by atoms with Crippen LogP contribution in [0.2, 0.25) is 0 Å². The molecule has 0 unspecified atom stereocenters. The van der Waals surface area contributed by atoms with Crippen LogP contribution in [0.25, 0.3) is 0 Å². The molecule has 2 aromatic heterocycles. The van der Waals surface area contributed by atoms with E-state index in [0.29, 0.717) is 41.5 Å². The minimum Gasteiger partial charge on any atom is -0.364 e. The number of fused-ring (bicyclic) bond motifs is 1. The molecule has 1 aromatic carbocycles. The van der Waals surface area contributed by atoms with Gasteiger partial charge in [-0.3, -0.25) is 4.79 Å². The smallest absolute Gasteiger partial charge is 0.364 e. The van der Waals surface area contributed by atoms with Crippen molar-refractivity contribution in [2.45, 2.75) is 30.4 Å². The topological polar surface area (TPSA) is 88.0 Å². The summed E-state index contributed by atoms with van der Waals surface area (Å²) in [6, 6.07) is 8.11. The van der Waals surface area contributed by atoms with Gasteiger partial charge in [-0.15, -0.1) is 5.10 Å². The summed E-state index contributed by atoms with van der Waals surface area (Å²) in [5.74, 6) is 0.556. The lowest BCUT2D eigenvalue weighted by molar-refractivity contribution is -0.115. The molecule has 32 heavy (non-hydrogen) atoms. The highest BCUT2D eigenvalue weighted by atomic mass is 32.2. The van der Waals surface area contributed by atoms with Gasteiger partial charge in [0.1, 0.15) is 11.5 Å². The van der Waals surface area contributed by atoms with E-state index in [4.69, 9.17) is 0 Å². The lowest BCUT2D eigenvalue weighted by Gasteiger charge is -2.28. The number of hydrogen-bond acceptors (Lipinski definition) is 7. The van der Waals surface area contributed by atoms with Crippen LogP contribution in [0.5, 0.6) is 0 Å². The number of alkyl halides is 3. The normalized spacial score (nSPS) is 13.7. The maximum atomic E-state index is 12.6. The Morgan fingerprint density at radius 2 is 2.09 bits per heavy atom. The van der Waals surface area contributed by atoms with Crippen LogP contribution in [0.3, 0.4) is 0 Å². The summed E-state index contributed by atoms with van der Waals surface area (Å²) in [5, 5.41) is 14.2. The van der Waals surface area contributed by atoms with E-state index >= 15 is 0 Å². The molecule has 0 saturated heterocycles. The Bertz CT molecular complexity index is 1150. The van der Waals surface area contributed by atoms with Gasteiger partial charge in [-0.25, -0.2) is 9.67 Å². The van der Waals surface area contributed by atoms with Gasteiger partial charge >= 0.3 is 5.51 Å². The van der Waals surface area contributed by atoms with Crippen molar-refractivity contribution in [3.8, 4) is 0 Å². The van der Waals surface area contributed by atoms with Crippen molar-refractivity contribution >= 4 is 34.9 Å². The number of carbonyl (C=O) groups excluding carboxylic acids is 1. The van der Waals surface area contributed by atoms with Crippen molar-refractivity contribution in [3.63, 3.8) is 0 Å². The third-order valence-electron chi connectivity index (χ3n) is 4.75. The number of amides is 1. The molecule has 0 bridgehead atoms. The molecular weight excluding hydrogens is 443 g/mol. The number of halogens is 3. The van der Waals surface area contributed by atoms with Crippen LogP contribution in [-0.2, 0) is 17.9 Å². The fourth-order valence-electron chi connectivity index (χ4n) is 3.39. The summed E-state index contributed by atoms with van der Waals surface area (Å²) >= 11 is -0.141. The Morgan fingerprint density at radius 1 is 1.28 bits per heavy atom. The zero-order valence-electron chi connectivity index (χ0n) is 17.3. The number of nitrogens with zero attached hydrogens (tertiary/aromatic N) is 5. The molecule has 168 valence electrons. The van der Waals surface area contributed by atoms with E-state index in [1.54, 1.807) is 23.0 Å². The van der Waals surface area contributed by atoms with Gasteiger partial charge < -0.3 is 15.5 Å². The fraction of sp³-hybridized carbons (Fsp3) is 0.300. The van der Waals surface area contributed by atoms with E-state index < -0.39 is 5.51 Å². The number of rotatable bonds is 6. The van der Waals surface area contributed by atoms with Crippen molar-refractivity contribution < 1.29 is 18.0 Å². The molecule has 8 nitrogen and oxygen atoms in total. The fourth-order valence-corrected chi connectivity index (χ4v) is 4.01. The van der Waals surface area contributed by atoms with Gasteiger partial charge in [0, 0.05) is 18.0 Å². The minimum absolute atomic E-state index is 0.0789. The molecule has 0 spiro atoms. The Labute approximate surface area is 186 Å². The Morgan fingerprint density at radius 3 is 2.88 bits per heavy atom. The van der Waals surface area contributed by atoms with Crippen LogP contribution in [0.1, 0.15) is 17.0 Å². The first-order chi connectivity index (χ1) is 15.2. The SMILES string of the molecule is Cc1nc(NCc2cn(Cc3cccc(SC(F)(F)F)c3)nn2)cc2c1NC(=O)CN2C. The molecule has 4 rings (SSSR count). The van der Waals surface area contributed by atoms with Crippen LogP contribution in [0, 0.1) is 6.92 Å². The van der Waals surface area contributed by atoms with Crippen LogP contribution in [-0.4, -0.2) is 45.0 Å². The number of thioether (sulfide) groups is 1. The number of aryl methyl sites for hydroxylation is 1. The largest absolute Gasteiger partial charge is 0.446 e. The predicted octanol–water partition coefficient (Wildman–Crippen LogP) is 3.64. The molecule has 1 aliphatic rings. The monoisotopic (exact) mass is 463 g/mol. The van der Waals surface area contributed by atoms with Gasteiger partial charge in [-0.1, -0.05) is 17.3 Å². The maximum Gasteiger partial charge on any atom is 0.446 e. The summed E-state index contributed by atoms with van der Waals surface area (Å²) in [4.78, 5) is 18.2. The van der Waals surface area contributed by atoms with E-state index in [1.165, 1.54) is 12.1 Å². The Hall–Kier alpha value is -3.28. The number of nitrogens with one attached hydrogen (secondary N) is 2. The van der Waals surface area contributed by atoms with Gasteiger partial charge in [0.05, 0.1) is 42.9 Å². The maximum absolute atomic E-state index is 12.6. The minimum atomic E-state index is -4.33. The van der Waals surface area contributed by atoms with E-state index in [1.807, 2.05) is 24.9 Å². The van der Waals surface area contributed by atoms with Crippen LogP contribution < -0.4 is 15.5 Å². The van der Waals surface area contributed by atoms with Gasteiger partial charge in [0.25, 0.3) is 0 Å². The number of likely N-dealkylation sites (N-methyl/N-ethyl adjacent to an activating group) is 1. The Balaban J connectivity index is 1.40. The lowest BCUT2D eigenvalue weighted by atomic mass is 10.2. The van der Waals surface area contributed by atoms with Crippen LogP contribution in [0.4, 0.5) is 30.4 Å². The number of pyridine rings is 1. The lowest BCUT2D eigenvalue weighted by Crippen LogP contribution is -2.36. The van der Waals surface area contributed by atoms with Gasteiger partial charge in [-0.2, -0.15) is 13.2 Å². The van der Waals surface area contributed by atoms with Gasteiger partial charge in [0.2, 0.25) is 5.91 Å². The molecule has 0 atom stereocenters. The summed E-state index contributed by atoms with van der Waals surface area (Å²) in [6.45, 7) is 2.77. The summed E-state index contributed by atoms with van der Waals surface area (Å²) in [5.41, 5.74) is -0.699. The molecule has 12 heteroatoms. The molecule has 1 amide bonds. The second-order valence-corrected chi connectivity index (χ2v) is 8.49. The van der Waals surface area contributed by atoms with Crippen LogP contribution in [0.15, 0.2) is 41.4 Å². The molecule has 0 saturated carbocycles. The van der Waals surface area contributed by atoms with Crippen molar-refractivity contribution in [1.29, 1.82) is 0 Å². The van der Waals surface area contributed by atoms with Crippen LogP contribution >= 0.6 is 11.8 Å². The zero-order valence-corrected chi connectivity index (χ0v) is 18.1. The standard InChI is InChI=1S/C20H20F3N7OS/c1-12-19-16(29(2)11-18(31)26-19)7-17(25-12)24-8-14-10-30(28-27-14)9-13-4-3-5-15(6-13)32-20(21,22)23/h3-7,10H,8-9,11H2,1-2H3,(H,24,25)(H,26,31). The van der Waals surface area contributed by atoms with E-state index in [0.717, 1.165) is 5.69 Å². The average Bonchev–Trinajstić information content (AvgIpc) is 3.13. The van der Waals surface area contributed by atoms with Crippen molar-refractivity contribution in [2.75, 3.05) is 29.1 Å². The molecule has 2 N–H and O–H groups in total. The number of benzene rings is 1. The average molecular weight is 463 g/mol. The number of carbonyl (C=O) groups is 1. The molecule has 0 radical (unpaired) electrons. The van der Waals surface area contributed by atoms with Crippen molar-refractivity contribution in [1.82, 2.24) is 20.0 Å². The molecular formula is C20H20F3N7OS. The molecule has 1 aliphatic heterocycles. The predicted molar refractivity (Wildman–Crippen MR) is 116 cm³/mol. The Kier molecular flexibility index (Phi) is 5.96. The highest BCUT2D eigenvalue weighted by molar-refractivity contribution is 8.00. The first-order valence-electron chi connectivity index (χ1n) is 9.66. The number of aromatic nitrogens is 4. The van der Waals surface area contributed by atoms with Crippen molar-refractivity contribution in [3.05, 3.63) is 53.5 Å². The second-order valence-electron chi connectivity index (χ2n) is 7.35. The van der Waals surface area contributed by atoms with Gasteiger partial charge in [-0.05, 0) is 36.4 Å². The third kappa shape index (κ3) is 5.31. The molecule has 3 heterocycles. The summed E-state index contributed by atoms with van der Waals surface area (Å²) < 4.78 is 39.3. The highest BCUT2D eigenvalue weighted by Gasteiger charge is 2.29. The zero-order chi connectivity index (χ0) is 22.9.